The Hall–Kier alpha value is -7.49. The number of hydrogen-bond donors (Lipinski definition) is 0. The van der Waals surface area contributed by atoms with E-state index in [0.29, 0.717) is 0 Å². The Morgan fingerprint density at radius 3 is 1.36 bits per heavy atom. The molecule has 11 rings (SSSR count). The first-order chi connectivity index (χ1) is 30.3. The van der Waals surface area contributed by atoms with E-state index in [1.165, 1.54) is 47.1 Å². The summed E-state index contributed by atoms with van der Waals surface area (Å²) in [5, 5.41) is 17.2. The Labute approximate surface area is 361 Å². The molecule has 11 aromatic rings. The quantitative estimate of drug-likeness (QED) is 0.143. The number of fused-ring (bicyclic) bond motifs is 3. The average Bonchev–Trinajstić information content (AvgIpc) is 3.73. The van der Waals surface area contributed by atoms with Gasteiger partial charge in [0.05, 0.1) is 0 Å². The van der Waals surface area contributed by atoms with Crippen molar-refractivity contribution in [1.29, 1.82) is 0 Å². The number of benzene rings is 9. The molecule has 0 aliphatic carbocycles. The molecule has 0 atom stereocenters. The van der Waals surface area contributed by atoms with Crippen molar-refractivity contribution in [3.8, 4) is 89.3 Å². The van der Waals surface area contributed by atoms with Crippen LogP contribution in [0.15, 0.2) is 224 Å². The van der Waals surface area contributed by atoms with E-state index in [1.54, 1.807) is 0 Å². The van der Waals surface area contributed by atoms with Crippen molar-refractivity contribution in [2.45, 2.75) is 0 Å². The number of rotatable bonds is 8. The minimum atomic E-state index is 0.139. The first-order valence-electron chi connectivity index (χ1n) is 20.5. The molecule has 9 aromatic carbocycles. The third-order valence-corrected chi connectivity index (χ3v) is 14.0. The molecule has 2 aromatic heterocycles. The first-order valence-corrected chi connectivity index (χ1v) is 22.2. The van der Waals surface area contributed by atoms with Gasteiger partial charge in [-0.3, -0.25) is 0 Å². The fraction of sp³-hybridized carbons (Fsp3) is 0. The summed E-state index contributed by atoms with van der Waals surface area (Å²) in [7, 11) is 0. The molecular formula is C57H37N3Se. The van der Waals surface area contributed by atoms with Crippen LogP contribution in [0, 0.1) is 0 Å². The fourth-order valence-corrected chi connectivity index (χ4v) is 11.2. The van der Waals surface area contributed by atoms with Gasteiger partial charge in [0, 0.05) is 0 Å². The monoisotopic (exact) mass is 843 g/mol. The van der Waals surface area contributed by atoms with Crippen LogP contribution in [0.5, 0.6) is 0 Å². The summed E-state index contributed by atoms with van der Waals surface area (Å²) in [6, 6.07) is 80.4. The molecule has 0 spiro atoms. The van der Waals surface area contributed by atoms with Crippen LogP contribution in [-0.4, -0.2) is 29.9 Å². The van der Waals surface area contributed by atoms with Crippen LogP contribution in [0.25, 0.3) is 109 Å². The molecule has 0 amide bonds. The molecule has 0 radical (unpaired) electrons. The van der Waals surface area contributed by atoms with Crippen LogP contribution >= 0.6 is 0 Å². The fourth-order valence-electron chi connectivity index (χ4n) is 8.90. The van der Waals surface area contributed by atoms with Gasteiger partial charge in [0.1, 0.15) is 0 Å². The molecule has 0 saturated carbocycles. The molecule has 0 unspecified atom stereocenters. The Kier molecular flexibility index (Phi) is 9.55. The number of aromatic nitrogens is 3. The van der Waals surface area contributed by atoms with Gasteiger partial charge in [0.25, 0.3) is 0 Å². The van der Waals surface area contributed by atoms with Gasteiger partial charge in [-0.05, 0) is 0 Å². The van der Waals surface area contributed by atoms with Gasteiger partial charge in [-0.2, -0.15) is 0 Å². The summed E-state index contributed by atoms with van der Waals surface area (Å²) in [6.45, 7) is 0. The summed E-state index contributed by atoms with van der Waals surface area (Å²) in [5.74, 6) is 0. The number of nitrogens with zero attached hydrogens (tertiary/aromatic N) is 3. The second-order valence-electron chi connectivity index (χ2n) is 15.1. The minimum absolute atomic E-state index is 0.139. The summed E-state index contributed by atoms with van der Waals surface area (Å²) < 4.78 is 2.77. The molecule has 61 heavy (non-hydrogen) atoms. The van der Waals surface area contributed by atoms with Gasteiger partial charge in [-0.15, -0.1) is 0 Å². The van der Waals surface area contributed by atoms with E-state index in [4.69, 9.17) is 10.2 Å². The van der Waals surface area contributed by atoms with Crippen molar-refractivity contribution in [2.24, 2.45) is 0 Å². The van der Waals surface area contributed by atoms with Crippen molar-refractivity contribution in [1.82, 2.24) is 15.4 Å². The van der Waals surface area contributed by atoms with E-state index in [-0.39, 0.29) is 14.5 Å². The van der Waals surface area contributed by atoms with E-state index < -0.39 is 0 Å². The van der Waals surface area contributed by atoms with Crippen molar-refractivity contribution in [3.05, 3.63) is 224 Å². The molecule has 4 heteroatoms. The van der Waals surface area contributed by atoms with Gasteiger partial charge < -0.3 is 0 Å². The van der Waals surface area contributed by atoms with Gasteiger partial charge in [-0.1, -0.05) is 18.2 Å². The molecule has 0 bridgehead atoms. The van der Waals surface area contributed by atoms with E-state index in [9.17, 15) is 0 Å². The van der Waals surface area contributed by atoms with Gasteiger partial charge in [0.2, 0.25) is 0 Å². The molecule has 0 N–H and O–H groups in total. The zero-order chi connectivity index (χ0) is 40.5. The molecule has 2 heterocycles. The van der Waals surface area contributed by atoms with Gasteiger partial charge in [-0.25, -0.2) is 0 Å². The van der Waals surface area contributed by atoms with Crippen molar-refractivity contribution < 1.29 is 0 Å². The topological polar surface area (TPSA) is 38.7 Å². The maximum absolute atomic E-state index is 5.08. The van der Waals surface area contributed by atoms with Crippen LogP contribution in [0.3, 0.4) is 0 Å². The molecule has 0 aliphatic rings. The molecule has 0 aliphatic heterocycles. The van der Waals surface area contributed by atoms with E-state index >= 15 is 0 Å². The van der Waals surface area contributed by atoms with Crippen molar-refractivity contribution in [3.63, 3.8) is 0 Å². The Morgan fingerprint density at radius 2 is 0.721 bits per heavy atom. The average molecular weight is 843 g/mol. The summed E-state index contributed by atoms with van der Waals surface area (Å²) in [5.41, 5.74) is 17.0. The third-order valence-electron chi connectivity index (χ3n) is 11.6. The summed E-state index contributed by atoms with van der Waals surface area (Å²) in [6.07, 6.45) is 0. The number of hydrogen-bond acceptors (Lipinski definition) is 3. The van der Waals surface area contributed by atoms with Crippen LogP contribution < -0.4 is 0 Å². The SMILES string of the molecule is c1ccc(-c2ccccc2-c2ccc3[se]c4ccccc4c3c2-c2c(-c3ccccc3)cccc2-c2nnnc(-c3ccccc3-c3ccccc3)c2-c2ccccc2)cc1. The van der Waals surface area contributed by atoms with E-state index in [0.717, 1.165) is 61.5 Å². The standard InChI is InChI=1S/C57H37N3Se/c1-5-20-38(21-6-1)42-28-13-15-30-45(42)46-36-37-51-54(48-32-17-18-35-50(48)61-51)55(46)53-44(40-24-9-3-10-25-40)33-19-34-49(53)57-52(41-26-11-4-12-27-41)56(58-60-59-57)47-31-16-14-29-43(47)39-22-7-2-8-23-39/h1-37H. The van der Waals surface area contributed by atoms with Crippen LogP contribution in [0.2, 0.25) is 0 Å². The third kappa shape index (κ3) is 6.60. The second-order valence-corrected chi connectivity index (χ2v) is 17.4. The molecule has 3 nitrogen and oxygen atoms in total. The van der Waals surface area contributed by atoms with Crippen molar-refractivity contribution >= 4 is 33.8 Å². The first kappa shape index (κ1) is 36.6. The Morgan fingerprint density at radius 1 is 0.262 bits per heavy atom. The predicted molar refractivity (Wildman–Crippen MR) is 255 cm³/mol. The van der Waals surface area contributed by atoms with Crippen LogP contribution in [0.1, 0.15) is 0 Å². The molecule has 0 saturated heterocycles. The van der Waals surface area contributed by atoms with Gasteiger partial charge >= 0.3 is 345 Å². The zero-order valence-electron chi connectivity index (χ0n) is 33.1. The normalized spacial score (nSPS) is 11.3. The second kappa shape index (κ2) is 15.9. The van der Waals surface area contributed by atoms with Gasteiger partial charge in [0.15, 0.2) is 0 Å². The predicted octanol–water partition coefficient (Wildman–Crippen LogP) is 14.6. The van der Waals surface area contributed by atoms with E-state index in [2.05, 4.69) is 230 Å². The molecule has 286 valence electrons. The Balaban J connectivity index is 1.30. The van der Waals surface area contributed by atoms with Crippen LogP contribution in [-0.2, 0) is 0 Å². The maximum atomic E-state index is 5.08. The van der Waals surface area contributed by atoms with E-state index in [1.807, 2.05) is 0 Å². The molecule has 0 fully saturated rings. The Bertz CT molecular complexity index is 3340. The molecular weight excluding hydrogens is 806 g/mol. The summed E-state index contributed by atoms with van der Waals surface area (Å²) >= 11 is 0.139. The van der Waals surface area contributed by atoms with Crippen LogP contribution in [0.4, 0.5) is 0 Å². The summed E-state index contributed by atoms with van der Waals surface area (Å²) in [4.78, 5) is 0. The zero-order valence-corrected chi connectivity index (χ0v) is 34.8. The van der Waals surface area contributed by atoms with Crippen molar-refractivity contribution in [2.75, 3.05) is 0 Å².